The molecule has 1 aromatic carbocycles. The van der Waals surface area contributed by atoms with Gasteiger partial charge >= 0.3 is 0 Å². The molecular formula is C19H18N4O3. The summed E-state index contributed by atoms with van der Waals surface area (Å²) in [6.45, 7) is 1.99. The Morgan fingerprint density at radius 1 is 1.12 bits per heavy atom. The second kappa shape index (κ2) is 7.60. The summed E-state index contributed by atoms with van der Waals surface area (Å²) in [5.74, 6) is -0.171. The zero-order valence-corrected chi connectivity index (χ0v) is 14.2. The van der Waals surface area contributed by atoms with Gasteiger partial charge in [0, 0.05) is 35.6 Å². The molecule has 0 fully saturated rings. The maximum Gasteiger partial charge on any atom is 0.252 e. The Kier molecular flexibility index (Phi) is 5.07. The van der Waals surface area contributed by atoms with Crippen molar-refractivity contribution >= 4 is 28.5 Å². The molecule has 0 unspecified atom stereocenters. The van der Waals surface area contributed by atoms with Crippen LogP contribution >= 0.6 is 0 Å². The quantitative estimate of drug-likeness (QED) is 0.654. The Morgan fingerprint density at radius 2 is 1.92 bits per heavy atom. The van der Waals surface area contributed by atoms with E-state index in [4.69, 9.17) is 0 Å². The van der Waals surface area contributed by atoms with Crippen LogP contribution in [0, 0.1) is 6.92 Å². The van der Waals surface area contributed by atoms with Gasteiger partial charge in [-0.05, 0) is 25.1 Å². The first-order chi connectivity index (χ1) is 12.5. The highest BCUT2D eigenvalue weighted by Crippen LogP contribution is 2.14. The van der Waals surface area contributed by atoms with Crippen LogP contribution in [0.25, 0.3) is 10.9 Å². The first-order valence-corrected chi connectivity index (χ1v) is 8.17. The van der Waals surface area contributed by atoms with Gasteiger partial charge in [-0.25, -0.2) is 4.98 Å². The van der Waals surface area contributed by atoms with Crippen molar-refractivity contribution < 1.29 is 9.59 Å². The minimum absolute atomic E-state index is 0.0997. The minimum Gasteiger partial charge on any atom is -0.351 e. The molecule has 0 aliphatic carbocycles. The van der Waals surface area contributed by atoms with Gasteiger partial charge in [-0.3, -0.25) is 14.4 Å². The molecule has 7 nitrogen and oxygen atoms in total. The molecule has 0 spiro atoms. The van der Waals surface area contributed by atoms with Gasteiger partial charge in [0.15, 0.2) is 0 Å². The van der Waals surface area contributed by atoms with E-state index in [0.717, 1.165) is 5.69 Å². The van der Waals surface area contributed by atoms with Crippen LogP contribution in [-0.2, 0) is 4.79 Å². The first kappa shape index (κ1) is 17.3. The number of benzene rings is 1. The third-order valence-electron chi connectivity index (χ3n) is 3.79. The molecule has 26 heavy (non-hydrogen) atoms. The maximum absolute atomic E-state index is 12.4. The van der Waals surface area contributed by atoms with E-state index in [1.807, 2.05) is 13.0 Å². The van der Waals surface area contributed by atoms with Crippen LogP contribution in [0.5, 0.6) is 0 Å². The fraction of sp³-hybridized carbons (Fsp3) is 0.158. The summed E-state index contributed by atoms with van der Waals surface area (Å²) in [6.07, 6.45) is 0.0997. The number of nitrogens with one attached hydrogen (secondary N) is 3. The van der Waals surface area contributed by atoms with Crippen molar-refractivity contribution in [2.75, 3.05) is 11.9 Å². The molecule has 2 heterocycles. The number of H-pyrrole nitrogens is 1. The molecule has 0 aliphatic rings. The van der Waals surface area contributed by atoms with Crippen molar-refractivity contribution in [1.82, 2.24) is 15.3 Å². The number of para-hydroxylation sites is 1. The average molecular weight is 350 g/mol. The Morgan fingerprint density at radius 3 is 2.73 bits per heavy atom. The summed E-state index contributed by atoms with van der Waals surface area (Å²) in [6, 6.07) is 13.7. The SMILES string of the molecule is Cc1cccc(NC(=O)CCNC(=O)c2cc(=O)[nH]c3ccccc23)n1. The van der Waals surface area contributed by atoms with Gasteiger partial charge in [0.25, 0.3) is 5.91 Å². The van der Waals surface area contributed by atoms with Crippen molar-refractivity contribution in [3.05, 3.63) is 70.1 Å². The number of amides is 2. The lowest BCUT2D eigenvalue weighted by atomic mass is 10.1. The van der Waals surface area contributed by atoms with Gasteiger partial charge in [0.05, 0.1) is 5.56 Å². The van der Waals surface area contributed by atoms with Gasteiger partial charge < -0.3 is 15.6 Å². The smallest absolute Gasteiger partial charge is 0.252 e. The highest BCUT2D eigenvalue weighted by Gasteiger charge is 2.12. The van der Waals surface area contributed by atoms with Crippen molar-refractivity contribution in [1.29, 1.82) is 0 Å². The first-order valence-electron chi connectivity index (χ1n) is 8.17. The molecule has 0 aliphatic heterocycles. The summed E-state index contributed by atoms with van der Waals surface area (Å²) in [5.41, 5.74) is 1.33. The molecule has 3 aromatic rings. The van der Waals surface area contributed by atoms with Crippen LogP contribution < -0.4 is 16.2 Å². The van der Waals surface area contributed by atoms with Crippen LogP contribution in [0.4, 0.5) is 5.82 Å². The molecule has 7 heteroatoms. The fourth-order valence-electron chi connectivity index (χ4n) is 2.60. The van der Waals surface area contributed by atoms with E-state index < -0.39 is 5.91 Å². The molecular weight excluding hydrogens is 332 g/mol. The van der Waals surface area contributed by atoms with Crippen LogP contribution in [0.15, 0.2) is 53.3 Å². The fourth-order valence-corrected chi connectivity index (χ4v) is 2.60. The van der Waals surface area contributed by atoms with E-state index in [2.05, 4.69) is 20.6 Å². The molecule has 0 saturated carbocycles. The monoisotopic (exact) mass is 350 g/mol. The van der Waals surface area contributed by atoms with Crippen molar-refractivity contribution in [3.63, 3.8) is 0 Å². The third-order valence-corrected chi connectivity index (χ3v) is 3.79. The maximum atomic E-state index is 12.4. The van der Waals surface area contributed by atoms with E-state index >= 15 is 0 Å². The number of fused-ring (bicyclic) bond motifs is 1. The van der Waals surface area contributed by atoms with E-state index in [0.29, 0.717) is 16.7 Å². The lowest BCUT2D eigenvalue weighted by molar-refractivity contribution is -0.116. The number of pyridine rings is 2. The number of anilines is 1. The molecule has 2 amide bonds. The minimum atomic E-state index is -0.395. The number of hydrogen-bond donors (Lipinski definition) is 3. The van der Waals surface area contributed by atoms with Crippen molar-refractivity contribution in [3.8, 4) is 0 Å². The number of aryl methyl sites for hydroxylation is 1. The van der Waals surface area contributed by atoms with Gasteiger partial charge in [0.1, 0.15) is 5.82 Å². The largest absolute Gasteiger partial charge is 0.351 e. The molecule has 0 saturated heterocycles. The number of carbonyl (C=O) groups excluding carboxylic acids is 2. The van der Waals surface area contributed by atoms with E-state index in [1.165, 1.54) is 6.07 Å². The summed E-state index contributed by atoms with van der Waals surface area (Å²) in [7, 11) is 0. The van der Waals surface area contributed by atoms with E-state index in [1.54, 1.807) is 36.4 Å². The molecule has 0 radical (unpaired) electrons. The Labute approximate surface area is 149 Å². The van der Waals surface area contributed by atoms with Gasteiger partial charge in [-0.2, -0.15) is 0 Å². The van der Waals surface area contributed by atoms with Crippen LogP contribution in [-0.4, -0.2) is 28.3 Å². The predicted octanol–water partition coefficient (Wildman–Crippen LogP) is 1.99. The van der Waals surface area contributed by atoms with Gasteiger partial charge in [-0.15, -0.1) is 0 Å². The predicted molar refractivity (Wildman–Crippen MR) is 99.1 cm³/mol. The highest BCUT2D eigenvalue weighted by molar-refractivity contribution is 6.06. The molecule has 3 N–H and O–H groups in total. The van der Waals surface area contributed by atoms with Crippen LogP contribution in [0.1, 0.15) is 22.5 Å². The van der Waals surface area contributed by atoms with E-state index in [-0.39, 0.29) is 30.0 Å². The molecule has 0 atom stereocenters. The standard InChI is InChI=1S/C19H18N4O3/c1-12-5-4-8-16(21-12)23-17(24)9-10-20-19(26)14-11-18(25)22-15-7-3-2-6-13(14)15/h2-8,11H,9-10H2,1H3,(H,20,26)(H,22,25)(H,21,23,24). The number of carbonyl (C=O) groups is 2. The summed E-state index contributed by atoms with van der Waals surface area (Å²) in [5, 5.41) is 6.00. The Balaban J connectivity index is 1.61. The van der Waals surface area contributed by atoms with Crippen LogP contribution in [0.2, 0.25) is 0 Å². The van der Waals surface area contributed by atoms with Gasteiger partial charge in [0.2, 0.25) is 11.5 Å². The topological polar surface area (TPSA) is 104 Å². The Hall–Kier alpha value is -3.48. The zero-order valence-electron chi connectivity index (χ0n) is 14.2. The third kappa shape index (κ3) is 4.13. The highest BCUT2D eigenvalue weighted by atomic mass is 16.2. The molecule has 3 rings (SSSR count). The number of hydrogen-bond acceptors (Lipinski definition) is 4. The molecule has 132 valence electrons. The number of rotatable bonds is 5. The number of aromatic amines is 1. The summed E-state index contributed by atoms with van der Waals surface area (Å²) >= 11 is 0. The lowest BCUT2D eigenvalue weighted by Crippen LogP contribution is -2.29. The summed E-state index contributed by atoms with van der Waals surface area (Å²) < 4.78 is 0. The van der Waals surface area contributed by atoms with Crippen LogP contribution in [0.3, 0.4) is 0 Å². The second-order valence-electron chi connectivity index (χ2n) is 5.81. The second-order valence-corrected chi connectivity index (χ2v) is 5.81. The molecule has 2 aromatic heterocycles. The normalized spacial score (nSPS) is 10.5. The van der Waals surface area contributed by atoms with Crippen molar-refractivity contribution in [2.24, 2.45) is 0 Å². The number of aromatic nitrogens is 2. The average Bonchev–Trinajstić information content (AvgIpc) is 2.60. The Bertz CT molecular complexity index is 1030. The number of nitrogens with zero attached hydrogens (tertiary/aromatic N) is 1. The zero-order chi connectivity index (χ0) is 18.5. The molecule has 0 bridgehead atoms. The van der Waals surface area contributed by atoms with E-state index in [9.17, 15) is 14.4 Å². The van der Waals surface area contributed by atoms with Crippen molar-refractivity contribution in [2.45, 2.75) is 13.3 Å². The summed E-state index contributed by atoms with van der Waals surface area (Å²) in [4.78, 5) is 42.9. The van der Waals surface area contributed by atoms with Gasteiger partial charge in [-0.1, -0.05) is 24.3 Å². The lowest BCUT2D eigenvalue weighted by Gasteiger charge is -2.08.